The van der Waals surface area contributed by atoms with Gasteiger partial charge in [-0.05, 0) is 327 Å². The standard InChI is InChI=1S/C66H12NO3P/c1-3-69-71(68,70-4-2)64-66-62-56-50-40-28-20-12-8-6-7-10-14(12)22(28)32-26-18(10)19-11(7)15-13-9(6)17-16(8)24-30(20)38-44-34(24)35-25(17)31-21(13)29-23(15)33-27(19)37-36(26)48(42(32)50)58(62)59-49(37)43(33)51-41(29)47-39(31)45(35)53-52(44)60(54(56)46(38)40)65(66,5-67-64)61(53)55(47)57(51)63(59)66/h5,64H,3-4H2,1-2H3. The van der Waals surface area contributed by atoms with Crippen LogP contribution in [0, 0.1) is 0 Å². The van der Waals surface area contributed by atoms with Gasteiger partial charge in [0.2, 0.25) is 0 Å². The molecule has 1 unspecified atom stereocenters. The van der Waals surface area contributed by atoms with Crippen molar-refractivity contribution >= 4 is 305 Å². The number of hydrogen-bond donors (Lipinski definition) is 0. The van der Waals surface area contributed by atoms with E-state index in [9.17, 15) is 0 Å². The minimum atomic E-state index is -3.94. The lowest BCUT2D eigenvalue weighted by atomic mass is 9.50. The Balaban J connectivity index is 1.18. The molecule has 1 heterocycles. The van der Waals surface area contributed by atoms with Gasteiger partial charge in [-0.3, -0.25) is 9.56 Å². The quantitative estimate of drug-likeness (QED) is 0.128. The highest BCUT2D eigenvalue weighted by Gasteiger charge is 2.77. The van der Waals surface area contributed by atoms with Crippen molar-refractivity contribution in [1.29, 1.82) is 0 Å². The van der Waals surface area contributed by atoms with Crippen LogP contribution in [0.5, 0.6) is 0 Å². The van der Waals surface area contributed by atoms with Crippen LogP contribution in [0.1, 0.15) is 36.1 Å². The molecular formula is C66H12NO3P. The lowest BCUT2D eigenvalue weighted by Crippen LogP contribution is -2.55. The van der Waals surface area contributed by atoms with Gasteiger partial charge in [0.05, 0.1) is 24.0 Å². The molecule has 0 bridgehead atoms. The zero-order valence-corrected chi connectivity index (χ0v) is 37.6. The maximum absolute atomic E-state index is 16.8. The van der Waals surface area contributed by atoms with Crippen LogP contribution < -0.4 is 0 Å². The largest absolute Gasteiger partial charge is 0.356 e. The number of aliphatic imine (C=N–C) groups is 1. The SMILES string of the molecule is CCOP(=O)(OCC)C1N=CC23c4c5c6c7c8c9c(c%10c%11c2c2c4c4c%12c5c5c6c6c8c8c%13c9c9c%10c%10c%11c%11c2c2c4c4c%12c%12c5c5c6c8c6c8c%13c9c9c%10c%10c%11c2c2c4c4c%12c5c6c5c8c9c%10c2c45)C713. The maximum atomic E-state index is 16.8. The molecule has 28 aromatic carbocycles. The summed E-state index contributed by atoms with van der Waals surface area (Å²) in [6, 6.07) is 0. The van der Waals surface area contributed by atoms with E-state index in [-0.39, 0.29) is 0 Å². The average molecular weight is 898 g/mol. The molecule has 4 aliphatic carbocycles. The summed E-state index contributed by atoms with van der Waals surface area (Å²) in [6.07, 6.45) is 2.44. The Bertz CT molecular complexity index is 7130. The van der Waals surface area contributed by atoms with Gasteiger partial charge in [0.1, 0.15) is 0 Å². The van der Waals surface area contributed by atoms with Crippen molar-refractivity contribution in [1.82, 2.24) is 0 Å². The summed E-state index contributed by atoms with van der Waals surface area (Å²) in [5, 5.41) is 84.2. The molecule has 0 amide bonds. The molecule has 2 spiro atoms. The molecule has 5 aliphatic rings. The lowest BCUT2D eigenvalue weighted by Gasteiger charge is -2.51. The zero-order valence-electron chi connectivity index (χ0n) is 36.7. The first-order valence-corrected chi connectivity index (χ1v) is 28.0. The molecule has 0 radical (unpaired) electrons. The smallest absolute Gasteiger partial charge is 0.307 e. The van der Waals surface area contributed by atoms with Crippen molar-refractivity contribution in [3.63, 3.8) is 0 Å². The van der Waals surface area contributed by atoms with E-state index in [4.69, 9.17) is 14.0 Å². The summed E-state index contributed by atoms with van der Waals surface area (Å²) in [5.41, 5.74) is 4.34. The van der Waals surface area contributed by atoms with Crippen molar-refractivity contribution < 1.29 is 13.6 Å². The predicted octanol–water partition coefficient (Wildman–Crippen LogP) is 18.0. The monoisotopic (exact) mass is 897 g/mol. The highest BCUT2D eigenvalue weighted by Crippen LogP contribution is 2.87. The van der Waals surface area contributed by atoms with Crippen LogP contribution in [0.4, 0.5) is 0 Å². The Morgan fingerprint density at radius 2 is 0.479 bits per heavy atom. The molecule has 28 aromatic rings. The van der Waals surface area contributed by atoms with Gasteiger partial charge >= 0.3 is 7.60 Å². The van der Waals surface area contributed by atoms with Gasteiger partial charge in [0.15, 0.2) is 5.78 Å². The third kappa shape index (κ3) is 1.48. The maximum Gasteiger partial charge on any atom is 0.356 e. The molecule has 304 valence electrons. The molecule has 5 heteroatoms. The first-order valence-electron chi connectivity index (χ1n) is 26.4. The Hall–Kier alpha value is -7.72. The van der Waals surface area contributed by atoms with E-state index in [0.29, 0.717) is 13.2 Å². The second-order valence-electron chi connectivity index (χ2n) is 25.4. The van der Waals surface area contributed by atoms with Gasteiger partial charge in [-0.2, -0.15) is 0 Å². The summed E-state index contributed by atoms with van der Waals surface area (Å²) in [7, 11) is -3.94. The van der Waals surface area contributed by atoms with Crippen molar-refractivity contribution in [2.24, 2.45) is 4.99 Å². The van der Waals surface area contributed by atoms with Gasteiger partial charge in [0, 0.05) is 6.21 Å². The number of nitrogens with zero attached hydrogens (tertiary/aromatic N) is 1. The summed E-state index contributed by atoms with van der Waals surface area (Å²) in [6.45, 7) is 4.63. The first kappa shape index (κ1) is 27.6. The molecule has 0 saturated heterocycles. The molecule has 1 aliphatic heterocycles. The molecular weight excluding hydrogens is 886 g/mol. The van der Waals surface area contributed by atoms with Gasteiger partial charge < -0.3 is 9.05 Å². The van der Waals surface area contributed by atoms with E-state index in [0.717, 1.165) is 0 Å². The predicted molar refractivity (Wildman–Crippen MR) is 297 cm³/mol. The van der Waals surface area contributed by atoms with E-state index in [1.165, 1.54) is 86.9 Å². The third-order valence-electron chi connectivity index (χ3n) is 25.2. The fourth-order valence-electron chi connectivity index (χ4n) is 25.2. The van der Waals surface area contributed by atoms with Crippen LogP contribution in [0.2, 0.25) is 0 Å². The normalized spacial score (nSPS) is 23.5. The Labute approximate surface area is 387 Å². The van der Waals surface area contributed by atoms with Gasteiger partial charge in [-0.15, -0.1) is 0 Å². The topological polar surface area (TPSA) is 47.9 Å². The zero-order chi connectivity index (χ0) is 42.8. The second-order valence-corrected chi connectivity index (χ2v) is 27.5. The number of rotatable bonds is 5. The summed E-state index contributed by atoms with van der Waals surface area (Å²) in [4.78, 5) is 5.96. The van der Waals surface area contributed by atoms with Gasteiger partial charge in [-0.25, -0.2) is 0 Å². The Morgan fingerprint density at radius 3 is 0.662 bits per heavy atom. The van der Waals surface area contributed by atoms with Crippen molar-refractivity contribution in [3.05, 3.63) is 22.3 Å². The number of benzene rings is 18. The molecule has 0 fully saturated rings. The van der Waals surface area contributed by atoms with E-state index in [2.05, 4.69) is 6.21 Å². The molecule has 4 nitrogen and oxygen atoms in total. The van der Waals surface area contributed by atoms with Gasteiger partial charge in [-0.1, -0.05) is 0 Å². The first-order chi connectivity index (χ1) is 35.2. The molecule has 71 heavy (non-hydrogen) atoms. The van der Waals surface area contributed by atoms with E-state index >= 15 is 4.57 Å². The average Bonchev–Trinajstić information content (AvgIpc) is 4.39. The minimum absolute atomic E-state index is 0.308. The summed E-state index contributed by atoms with van der Waals surface area (Å²) >= 11 is 0. The highest BCUT2D eigenvalue weighted by molar-refractivity contribution is 7.54. The van der Waals surface area contributed by atoms with E-state index in [1.807, 2.05) is 13.8 Å². The van der Waals surface area contributed by atoms with Crippen LogP contribution in [-0.4, -0.2) is 25.2 Å². The third-order valence-corrected chi connectivity index (χ3v) is 27.5. The van der Waals surface area contributed by atoms with Gasteiger partial charge in [0.25, 0.3) is 0 Å². The van der Waals surface area contributed by atoms with Crippen LogP contribution >= 0.6 is 7.60 Å². The summed E-state index contributed by atoms with van der Waals surface area (Å²) < 4.78 is 30.4. The Kier molecular flexibility index (Phi) is 2.43. The Morgan fingerprint density at radius 1 is 0.310 bits per heavy atom. The lowest BCUT2D eigenvalue weighted by molar-refractivity contribution is 0.201. The van der Waals surface area contributed by atoms with Crippen LogP contribution in [0.25, 0.3) is 291 Å². The summed E-state index contributed by atoms with van der Waals surface area (Å²) in [5.74, 6) is -0.745. The fourth-order valence-corrected chi connectivity index (χ4v) is 27.5. The van der Waals surface area contributed by atoms with Crippen molar-refractivity contribution in [2.45, 2.75) is 30.5 Å². The fraction of sp³-hybridized carbons (Fsp3) is 0.106. The molecule has 33 rings (SSSR count). The number of hydrogen-bond acceptors (Lipinski definition) is 4. The van der Waals surface area contributed by atoms with Crippen LogP contribution in [-0.2, 0) is 24.4 Å². The van der Waals surface area contributed by atoms with E-state index in [1.54, 1.807) is 226 Å². The van der Waals surface area contributed by atoms with Crippen molar-refractivity contribution in [2.75, 3.05) is 13.2 Å². The minimum Gasteiger partial charge on any atom is -0.307 e. The van der Waals surface area contributed by atoms with Crippen LogP contribution in [0.15, 0.2) is 4.99 Å². The van der Waals surface area contributed by atoms with E-state index < -0.39 is 24.2 Å². The van der Waals surface area contributed by atoms with Crippen molar-refractivity contribution in [3.8, 4) is 0 Å². The van der Waals surface area contributed by atoms with Crippen LogP contribution in [0.3, 0.4) is 0 Å². The molecule has 0 saturated carbocycles. The highest BCUT2D eigenvalue weighted by atomic mass is 31.2. The molecule has 1 atom stereocenters. The molecule has 0 aromatic heterocycles. The second kappa shape index (κ2) is 6.26. The molecule has 0 N–H and O–H groups in total.